The van der Waals surface area contributed by atoms with Gasteiger partial charge in [0.2, 0.25) is 0 Å². The van der Waals surface area contributed by atoms with Gasteiger partial charge in [0.1, 0.15) is 4.21 Å². The highest BCUT2D eigenvalue weighted by Crippen LogP contribution is 2.30. The van der Waals surface area contributed by atoms with E-state index in [-0.39, 0.29) is 23.3 Å². The zero-order valence-electron chi connectivity index (χ0n) is 11.6. The summed E-state index contributed by atoms with van der Waals surface area (Å²) in [5.41, 5.74) is 0. The van der Waals surface area contributed by atoms with Gasteiger partial charge in [0.25, 0.3) is 10.0 Å². The number of thiophene rings is 1. The van der Waals surface area contributed by atoms with E-state index in [2.05, 4.69) is 0 Å². The molecular weight excluding hydrogens is 314 g/mol. The summed E-state index contributed by atoms with van der Waals surface area (Å²) >= 11 is 1.01. The van der Waals surface area contributed by atoms with Crippen molar-refractivity contribution in [1.82, 2.24) is 4.31 Å². The van der Waals surface area contributed by atoms with Crippen LogP contribution < -0.4 is 0 Å². The molecule has 1 saturated heterocycles. The third kappa shape index (κ3) is 3.82. The topological polar surface area (TPSA) is 94.9 Å². The van der Waals surface area contributed by atoms with E-state index in [4.69, 9.17) is 10.2 Å². The van der Waals surface area contributed by atoms with Crippen LogP contribution in [0.1, 0.15) is 30.6 Å². The molecule has 118 valence electrons. The Hall–Kier alpha value is -0.960. The van der Waals surface area contributed by atoms with Crippen molar-refractivity contribution in [1.29, 1.82) is 0 Å². The van der Waals surface area contributed by atoms with Gasteiger partial charge in [0.15, 0.2) is 0 Å². The van der Waals surface area contributed by atoms with Crippen LogP contribution in [0.25, 0.3) is 0 Å². The Morgan fingerprint density at radius 3 is 2.81 bits per heavy atom. The quantitative estimate of drug-likeness (QED) is 0.818. The predicted molar refractivity (Wildman–Crippen MR) is 78.9 cm³/mol. The number of aliphatic carboxylic acids is 1. The maximum atomic E-state index is 12.7. The summed E-state index contributed by atoms with van der Waals surface area (Å²) in [5, 5.41) is 17.9. The number of carbonyl (C=O) groups is 1. The minimum atomic E-state index is -3.60. The van der Waals surface area contributed by atoms with E-state index < -0.39 is 16.0 Å². The van der Waals surface area contributed by atoms with Crippen molar-refractivity contribution in [3.8, 4) is 0 Å². The molecule has 0 amide bonds. The fourth-order valence-electron chi connectivity index (χ4n) is 2.58. The van der Waals surface area contributed by atoms with E-state index in [0.29, 0.717) is 17.8 Å². The number of piperidine rings is 1. The maximum absolute atomic E-state index is 12.7. The molecule has 1 atom stereocenters. The van der Waals surface area contributed by atoms with Gasteiger partial charge in [-0.1, -0.05) is 6.42 Å². The number of aliphatic hydroxyl groups excluding tert-OH is 1. The Morgan fingerprint density at radius 1 is 1.38 bits per heavy atom. The normalized spacial score (nSPS) is 20.5. The average Bonchev–Trinajstić information content (AvgIpc) is 2.88. The number of hydrogen-bond acceptors (Lipinski definition) is 5. The molecule has 0 aromatic carbocycles. The molecule has 2 rings (SSSR count). The van der Waals surface area contributed by atoms with Crippen molar-refractivity contribution in [2.24, 2.45) is 0 Å². The maximum Gasteiger partial charge on any atom is 0.308 e. The fourth-order valence-corrected chi connectivity index (χ4v) is 5.78. The first kappa shape index (κ1) is 16.4. The molecule has 21 heavy (non-hydrogen) atoms. The summed E-state index contributed by atoms with van der Waals surface area (Å²) < 4.78 is 27.0. The zero-order valence-corrected chi connectivity index (χ0v) is 13.2. The lowest BCUT2D eigenvalue weighted by Gasteiger charge is -2.33. The van der Waals surface area contributed by atoms with Gasteiger partial charge >= 0.3 is 5.97 Å². The molecule has 2 N–H and O–H groups in total. The molecule has 1 aromatic heterocycles. The van der Waals surface area contributed by atoms with Crippen LogP contribution in [0.15, 0.2) is 16.3 Å². The molecule has 0 spiro atoms. The number of carboxylic acids is 1. The van der Waals surface area contributed by atoms with Crippen molar-refractivity contribution < 1.29 is 23.4 Å². The summed E-state index contributed by atoms with van der Waals surface area (Å²) in [6, 6.07) is 2.86. The van der Waals surface area contributed by atoms with Gasteiger partial charge in [-0.15, -0.1) is 11.3 Å². The SMILES string of the molecule is O=C(O)Cc1ccc(S(=O)(=O)N2CCCCC2CCO)s1. The Morgan fingerprint density at radius 2 is 2.14 bits per heavy atom. The van der Waals surface area contributed by atoms with E-state index in [9.17, 15) is 13.2 Å². The zero-order chi connectivity index (χ0) is 15.5. The fraction of sp³-hybridized carbons (Fsp3) is 0.615. The summed E-state index contributed by atoms with van der Waals surface area (Å²) in [6.07, 6.45) is 2.81. The number of aliphatic hydroxyl groups is 1. The molecule has 1 unspecified atom stereocenters. The van der Waals surface area contributed by atoms with E-state index in [1.165, 1.54) is 10.4 Å². The molecule has 0 bridgehead atoms. The second-order valence-electron chi connectivity index (χ2n) is 5.07. The van der Waals surface area contributed by atoms with Gasteiger partial charge in [-0.2, -0.15) is 4.31 Å². The highest BCUT2D eigenvalue weighted by molar-refractivity contribution is 7.91. The molecule has 2 heterocycles. The third-order valence-corrected chi connectivity index (χ3v) is 7.07. The summed E-state index contributed by atoms with van der Waals surface area (Å²) in [4.78, 5) is 11.2. The number of nitrogens with zero attached hydrogens (tertiary/aromatic N) is 1. The van der Waals surface area contributed by atoms with Crippen LogP contribution in [0.3, 0.4) is 0 Å². The Bertz CT molecular complexity index is 593. The van der Waals surface area contributed by atoms with Crippen molar-refractivity contribution in [3.63, 3.8) is 0 Å². The van der Waals surface area contributed by atoms with Crippen molar-refractivity contribution in [2.75, 3.05) is 13.2 Å². The van der Waals surface area contributed by atoms with Crippen LogP contribution in [0.2, 0.25) is 0 Å². The van der Waals surface area contributed by atoms with Gasteiger partial charge in [0.05, 0.1) is 6.42 Å². The van der Waals surface area contributed by atoms with Crippen LogP contribution >= 0.6 is 11.3 Å². The second-order valence-corrected chi connectivity index (χ2v) is 8.35. The van der Waals surface area contributed by atoms with E-state index in [1.54, 1.807) is 6.07 Å². The van der Waals surface area contributed by atoms with Crippen LogP contribution in [0.4, 0.5) is 0 Å². The van der Waals surface area contributed by atoms with Crippen LogP contribution in [0, 0.1) is 0 Å². The minimum Gasteiger partial charge on any atom is -0.481 e. The molecule has 0 saturated carbocycles. The van der Waals surface area contributed by atoms with Crippen molar-refractivity contribution >= 4 is 27.3 Å². The number of sulfonamides is 1. The van der Waals surface area contributed by atoms with Gasteiger partial charge in [-0.25, -0.2) is 8.42 Å². The lowest BCUT2D eigenvalue weighted by Crippen LogP contribution is -2.43. The molecular formula is C13H19NO5S2. The summed E-state index contributed by atoms with van der Waals surface area (Å²) in [6.45, 7) is 0.421. The highest BCUT2D eigenvalue weighted by Gasteiger charge is 2.34. The van der Waals surface area contributed by atoms with E-state index in [0.717, 1.165) is 30.6 Å². The Kier molecular flexibility index (Phi) is 5.37. The average molecular weight is 333 g/mol. The molecule has 8 heteroatoms. The highest BCUT2D eigenvalue weighted by atomic mass is 32.2. The molecule has 1 aliphatic rings. The first-order valence-electron chi connectivity index (χ1n) is 6.88. The van der Waals surface area contributed by atoms with Gasteiger partial charge in [-0.3, -0.25) is 4.79 Å². The summed E-state index contributed by atoms with van der Waals surface area (Å²) in [5.74, 6) is -0.975. The lowest BCUT2D eigenvalue weighted by atomic mass is 10.0. The Balaban J connectivity index is 2.23. The monoisotopic (exact) mass is 333 g/mol. The van der Waals surface area contributed by atoms with Crippen molar-refractivity contribution in [3.05, 3.63) is 17.0 Å². The van der Waals surface area contributed by atoms with E-state index in [1.807, 2.05) is 0 Å². The number of carboxylic acid groups (broad SMARTS) is 1. The van der Waals surface area contributed by atoms with Gasteiger partial charge < -0.3 is 10.2 Å². The first-order valence-corrected chi connectivity index (χ1v) is 9.14. The van der Waals surface area contributed by atoms with Gasteiger partial charge in [0, 0.05) is 24.1 Å². The minimum absolute atomic E-state index is 0.0363. The summed E-state index contributed by atoms with van der Waals surface area (Å²) in [7, 11) is -3.60. The van der Waals surface area contributed by atoms with Crippen molar-refractivity contribution in [2.45, 2.75) is 42.4 Å². The standard InChI is InChI=1S/C13H19NO5S2/c15-8-6-10-3-1-2-7-14(10)21(18,19)13-5-4-11(20-13)9-12(16)17/h4-5,10,15H,1-3,6-9H2,(H,16,17). The molecule has 0 aliphatic carbocycles. The van der Waals surface area contributed by atoms with E-state index >= 15 is 0 Å². The largest absolute Gasteiger partial charge is 0.481 e. The second kappa shape index (κ2) is 6.87. The number of rotatable bonds is 6. The smallest absolute Gasteiger partial charge is 0.308 e. The molecule has 1 fully saturated rings. The van der Waals surface area contributed by atoms with Crippen LogP contribution in [-0.2, 0) is 21.2 Å². The predicted octanol–water partition coefficient (Wildman–Crippen LogP) is 1.30. The van der Waals surface area contributed by atoms with Crippen LogP contribution in [0.5, 0.6) is 0 Å². The molecule has 6 nitrogen and oxygen atoms in total. The van der Waals surface area contributed by atoms with Gasteiger partial charge in [-0.05, 0) is 31.4 Å². The molecule has 0 radical (unpaired) electrons. The molecule has 1 aliphatic heterocycles. The lowest BCUT2D eigenvalue weighted by molar-refractivity contribution is -0.136. The third-order valence-electron chi connectivity index (χ3n) is 3.56. The first-order chi connectivity index (χ1) is 9.95. The Labute approximate surface area is 128 Å². The van der Waals surface area contributed by atoms with Crippen LogP contribution in [-0.4, -0.2) is 48.1 Å². The molecule has 1 aromatic rings. The number of hydrogen-bond donors (Lipinski definition) is 2.